The van der Waals surface area contributed by atoms with Gasteiger partial charge in [0.15, 0.2) is 12.4 Å². The smallest absolute Gasteiger partial charge is 0.306 e. The molecule has 0 aliphatic carbocycles. The molecular formula is C52H97NO10. The number of rotatable bonds is 43. The maximum atomic E-state index is 13.3. The fourth-order valence-corrected chi connectivity index (χ4v) is 8.10. The lowest BCUT2D eigenvalue weighted by molar-refractivity contribution is -0.305. The number of amides is 1. The summed E-state index contributed by atoms with van der Waals surface area (Å²) >= 11 is 0. The van der Waals surface area contributed by atoms with Gasteiger partial charge in [0.25, 0.3) is 0 Å². The van der Waals surface area contributed by atoms with Crippen molar-refractivity contribution in [3.8, 4) is 0 Å². The van der Waals surface area contributed by atoms with Crippen LogP contribution in [0.2, 0.25) is 0 Å². The van der Waals surface area contributed by atoms with E-state index in [0.717, 1.165) is 70.6 Å². The van der Waals surface area contributed by atoms with Gasteiger partial charge in [-0.05, 0) is 44.9 Å². The number of ether oxygens (including phenoxy) is 3. The third-order valence-corrected chi connectivity index (χ3v) is 12.4. The first-order chi connectivity index (χ1) is 30.7. The lowest BCUT2D eigenvalue weighted by atomic mass is 9.99. The molecule has 0 radical (unpaired) electrons. The van der Waals surface area contributed by atoms with Crippen molar-refractivity contribution in [2.24, 2.45) is 0 Å². The van der Waals surface area contributed by atoms with Gasteiger partial charge < -0.3 is 45.1 Å². The Morgan fingerprint density at radius 2 is 1.06 bits per heavy atom. The molecule has 11 nitrogen and oxygen atoms in total. The van der Waals surface area contributed by atoms with Crippen LogP contribution < -0.4 is 5.32 Å². The highest BCUT2D eigenvalue weighted by Gasteiger charge is 2.47. The largest absolute Gasteiger partial charge is 0.454 e. The minimum absolute atomic E-state index is 0.127. The van der Waals surface area contributed by atoms with Crippen LogP contribution in [0.1, 0.15) is 233 Å². The van der Waals surface area contributed by atoms with Crippen molar-refractivity contribution in [2.45, 2.75) is 282 Å². The number of nitrogens with one attached hydrogen (secondary N) is 1. The molecule has 11 heteroatoms. The van der Waals surface area contributed by atoms with E-state index in [9.17, 15) is 35.1 Å². The van der Waals surface area contributed by atoms with Crippen LogP contribution in [-0.4, -0.2) is 99.6 Å². The summed E-state index contributed by atoms with van der Waals surface area (Å²) in [6.07, 6.45) is 33.8. The fourth-order valence-electron chi connectivity index (χ4n) is 8.10. The van der Waals surface area contributed by atoms with E-state index in [0.29, 0.717) is 12.8 Å². The molecule has 0 aromatic heterocycles. The number of hydrogen-bond acceptors (Lipinski definition) is 10. The number of carbonyl (C=O) groups excluding carboxylic acids is 2. The molecule has 0 bridgehead atoms. The first-order valence-corrected chi connectivity index (χ1v) is 26.1. The average Bonchev–Trinajstić information content (AvgIpc) is 3.28. The standard InChI is InChI=1S/C52H97NO10/c1-4-7-10-13-16-19-22-23-25-27-29-32-35-38-44(55)43(53-51(60)45(56)39-36-33-30-26-21-18-15-12-9-6-3)42-61-52-50(49(59)48(58)46(41-54)62-52)63-47(57)40-37-34-31-28-24-20-17-14-11-8-5-2/h15,18,35,38,43-46,48-50,52,54-56,58-59H,4-14,16-17,19-34,36-37,39-42H2,1-3H3,(H,53,60)/b18-15-,38-35+. The molecule has 370 valence electrons. The maximum Gasteiger partial charge on any atom is 0.306 e. The molecule has 1 saturated heterocycles. The summed E-state index contributed by atoms with van der Waals surface area (Å²) in [4.78, 5) is 26.3. The lowest BCUT2D eigenvalue weighted by Gasteiger charge is -2.41. The van der Waals surface area contributed by atoms with Gasteiger partial charge in [-0.2, -0.15) is 0 Å². The summed E-state index contributed by atoms with van der Waals surface area (Å²) in [5, 5.41) is 56.5. The van der Waals surface area contributed by atoms with Gasteiger partial charge >= 0.3 is 5.97 Å². The molecule has 1 heterocycles. The minimum Gasteiger partial charge on any atom is -0.454 e. The molecule has 0 saturated carbocycles. The van der Waals surface area contributed by atoms with Gasteiger partial charge in [0.1, 0.15) is 24.4 Å². The normalized spacial score (nSPS) is 20.7. The van der Waals surface area contributed by atoms with Gasteiger partial charge in [-0.3, -0.25) is 9.59 Å². The number of unbranched alkanes of at least 4 members (excludes halogenated alkanes) is 27. The minimum atomic E-state index is -1.61. The Bertz CT molecular complexity index is 1120. The Morgan fingerprint density at radius 3 is 1.59 bits per heavy atom. The van der Waals surface area contributed by atoms with Crippen molar-refractivity contribution < 1.29 is 49.3 Å². The highest BCUT2D eigenvalue weighted by Crippen LogP contribution is 2.26. The van der Waals surface area contributed by atoms with E-state index in [-0.39, 0.29) is 19.4 Å². The van der Waals surface area contributed by atoms with E-state index >= 15 is 0 Å². The Morgan fingerprint density at radius 1 is 0.603 bits per heavy atom. The van der Waals surface area contributed by atoms with Crippen LogP contribution in [0.4, 0.5) is 0 Å². The third-order valence-electron chi connectivity index (χ3n) is 12.4. The quantitative estimate of drug-likeness (QED) is 0.0196. The fraction of sp³-hybridized carbons (Fsp3) is 0.885. The van der Waals surface area contributed by atoms with Crippen molar-refractivity contribution in [3.05, 3.63) is 24.3 Å². The van der Waals surface area contributed by atoms with Gasteiger partial charge in [-0.25, -0.2) is 0 Å². The SMILES string of the molecule is CCCC/C=C\CCCCCCC(O)C(=O)NC(COC1OC(CO)C(O)C(O)C1OC(=O)CCCCCCCCCCCCC)C(O)/C=C/CCCCCCCCCCCCC. The zero-order valence-electron chi connectivity index (χ0n) is 40.5. The monoisotopic (exact) mass is 896 g/mol. The summed E-state index contributed by atoms with van der Waals surface area (Å²) in [7, 11) is 0. The summed E-state index contributed by atoms with van der Waals surface area (Å²) in [6, 6.07) is -1.02. The van der Waals surface area contributed by atoms with E-state index in [4.69, 9.17) is 14.2 Å². The molecule has 63 heavy (non-hydrogen) atoms. The Kier molecular flexibility index (Phi) is 39.0. The molecule has 1 fully saturated rings. The van der Waals surface area contributed by atoms with E-state index in [2.05, 4.69) is 38.2 Å². The Labute approximate surface area is 384 Å². The molecule has 0 aromatic rings. The van der Waals surface area contributed by atoms with Crippen LogP contribution in [-0.2, 0) is 23.8 Å². The zero-order chi connectivity index (χ0) is 46.2. The Balaban J connectivity index is 2.80. The highest BCUT2D eigenvalue weighted by atomic mass is 16.7. The molecule has 1 aliphatic rings. The van der Waals surface area contributed by atoms with E-state index < -0.39 is 67.4 Å². The number of allylic oxidation sites excluding steroid dienone is 3. The van der Waals surface area contributed by atoms with Gasteiger partial charge in [-0.1, -0.05) is 206 Å². The van der Waals surface area contributed by atoms with Crippen LogP contribution >= 0.6 is 0 Å². The van der Waals surface area contributed by atoms with Crippen molar-refractivity contribution in [1.29, 1.82) is 0 Å². The van der Waals surface area contributed by atoms with Crippen molar-refractivity contribution in [1.82, 2.24) is 5.32 Å². The molecule has 8 unspecified atom stereocenters. The summed E-state index contributed by atoms with van der Waals surface area (Å²) in [5.41, 5.74) is 0. The van der Waals surface area contributed by atoms with Crippen molar-refractivity contribution in [2.75, 3.05) is 13.2 Å². The molecule has 1 amide bonds. The molecule has 6 N–H and O–H groups in total. The number of esters is 1. The first-order valence-electron chi connectivity index (χ1n) is 26.1. The van der Waals surface area contributed by atoms with Crippen molar-refractivity contribution >= 4 is 11.9 Å². The number of hydrogen-bond donors (Lipinski definition) is 6. The second kappa shape index (κ2) is 41.6. The molecular weight excluding hydrogens is 799 g/mol. The topological polar surface area (TPSA) is 175 Å². The molecule has 1 rings (SSSR count). The van der Waals surface area contributed by atoms with Gasteiger partial charge in [0.05, 0.1) is 25.4 Å². The Hall–Kier alpha value is -1.86. The predicted molar refractivity (Wildman–Crippen MR) is 255 cm³/mol. The summed E-state index contributed by atoms with van der Waals surface area (Å²) < 4.78 is 17.5. The molecule has 0 aromatic carbocycles. The second-order valence-electron chi connectivity index (χ2n) is 18.3. The van der Waals surface area contributed by atoms with Crippen LogP contribution in [0, 0.1) is 0 Å². The van der Waals surface area contributed by atoms with E-state index in [1.54, 1.807) is 6.08 Å². The number of carbonyl (C=O) groups is 2. The maximum absolute atomic E-state index is 13.3. The molecule has 8 atom stereocenters. The van der Waals surface area contributed by atoms with Gasteiger partial charge in [-0.15, -0.1) is 0 Å². The van der Waals surface area contributed by atoms with Crippen LogP contribution in [0.15, 0.2) is 24.3 Å². The number of aliphatic hydroxyl groups excluding tert-OH is 5. The van der Waals surface area contributed by atoms with Crippen LogP contribution in [0.25, 0.3) is 0 Å². The van der Waals surface area contributed by atoms with E-state index in [1.165, 1.54) is 116 Å². The van der Waals surface area contributed by atoms with Gasteiger partial charge in [0.2, 0.25) is 5.91 Å². The first kappa shape index (κ1) is 59.2. The predicted octanol–water partition coefficient (Wildman–Crippen LogP) is 10.6. The van der Waals surface area contributed by atoms with Crippen LogP contribution in [0.3, 0.4) is 0 Å². The third kappa shape index (κ3) is 30.9. The molecule has 1 aliphatic heterocycles. The average molecular weight is 896 g/mol. The lowest BCUT2D eigenvalue weighted by Crippen LogP contribution is -2.61. The molecule has 0 spiro atoms. The van der Waals surface area contributed by atoms with Gasteiger partial charge in [0, 0.05) is 6.42 Å². The summed E-state index contributed by atoms with van der Waals surface area (Å²) in [6.45, 7) is 5.70. The second-order valence-corrected chi connectivity index (χ2v) is 18.3. The highest BCUT2D eigenvalue weighted by molar-refractivity contribution is 5.80. The summed E-state index contributed by atoms with van der Waals surface area (Å²) in [5.74, 6) is -1.20. The van der Waals surface area contributed by atoms with Crippen LogP contribution in [0.5, 0.6) is 0 Å². The zero-order valence-corrected chi connectivity index (χ0v) is 40.5. The van der Waals surface area contributed by atoms with E-state index in [1.807, 2.05) is 6.08 Å². The number of aliphatic hydroxyl groups is 5. The van der Waals surface area contributed by atoms with Crippen molar-refractivity contribution in [3.63, 3.8) is 0 Å².